The van der Waals surface area contributed by atoms with Gasteiger partial charge >= 0.3 is 0 Å². The number of hydrogen-bond donors (Lipinski definition) is 0. The van der Waals surface area contributed by atoms with E-state index in [2.05, 4.69) is 37.1 Å². The lowest BCUT2D eigenvalue weighted by atomic mass is 10.2. The van der Waals surface area contributed by atoms with Crippen molar-refractivity contribution in [2.75, 3.05) is 14.2 Å². The Kier molecular flexibility index (Phi) is 4.26. The van der Waals surface area contributed by atoms with Gasteiger partial charge in [-0.3, -0.25) is 4.90 Å². The average Bonchev–Trinajstić information content (AvgIpc) is 3.20. The number of halogens is 1. The van der Waals surface area contributed by atoms with Gasteiger partial charge in [0.2, 0.25) is 11.8 Å². The molecule has 0 amide bonds. The van der Waals surface area contributed by atoms with Gasteiger partial charge in [0.25, 0.3) is 0 Å². The van der Waals surface area contributed by atoms with Crippen LogP contribution in [0.25, 0.3) is 0 Å². The number of benzene rings is 1. The van der Waals surface area contributed by atoms with E-state index in [1.165, 1.54) is 12.8 Å². The summed E-state index contributed by atoms with van der Waals surface area (Å²) in [6.45, 7) is 1.39. The van der Waals surface area contributed by atoms with Crippen LogP contribution >= 0.6 is 15.9 Å². The fourth-order valence-corrected chi connectivity index (χ4v) is 2.68. The molecular formula is C15H18BrN3O2. The molecule has 0 aliphatic heterocycles. The number of hydrogen-bond acceptors (Lipinski definition) is 5. The molecule has 0 unspecified atom stereocenters. The first-order valence-electron chi connectivity index (χ1n) is 6.99. The number of methoxy groups -OCH3 is 1. The highest BCUT2D eigenvalue weighted by Gasteiger charge is 2.29. The van der Waals surface area contributed by atoms with Gasteiger partial charge in [-0.25, -0.2) is 0 Å². The summed E-state index contributed by atoms with van der Waals surface area (Å²) < 4.78 is 12.1. The summed E-state index contributed by atoms with van der Waals surface area (Å²) in [5, 5.41) is 8.23. The van der Waals surface area contributed by atoms with E-state index in [4.69, 9.17) is 9.15 Å². The molecule has 112 valence electrons. The zero-order chi connectivity index (χ0) is 14.8. The van der Waals surface area contributed by atoms with Crippen molar-refractivity contribution in [3.05, 3.63) is 40.0 Å². The Bertz CT molecular complexity index is 625. The van der Waals surface area contributed by atoms with Crippen molar-refractivity contribution < 1.29 is 9.15 Å². The quantitative estimate of drug-likeness (QED) is 0.798. The maximum atomic E-state index is 5.69. The number of ether oxygens (including phenoxy) is 1. The van der Waals surface area contributed by atoms with Crippen LogP contribution in [0.4, 0.5) is 0 Å². The Morgan fingerprint density at radius 3 is 2.86 bits per heavy atom. The Morgan fingerprint density at radius 1 is 1.33 bits per heavy atom. The highest BCUT2D eigenvalue weighted by atomic mass is 79.9. The number of rotatable bonds is 6. The highest BCUT2D eigenvalue weighted by molar-refractivity contribution is 9.10. The summed E-state index contributed by atoms with van der Waals surface area (Å²) in [5.74, 6) is 2.85. The third-order valence-corrected chi connectivity index (χ3v) is 3.99. The fraction of sp³-hybridized carbons (Fsp3) is 0.467. The summed E-state index contributed by atoms with van der Waals surface area (Å²) in [6, 6.07) is 6.01. The van der Waals surface area contributed by atoms with Gasteiger partial charge in [0.05, 0.1) is 13.7 Å². The van der Waals surface area contributed by atoms with Crippen molar-refractivity contribution in [3.63, 3.8) is 0 Å². The molecule has 1 saturated carbocycles. The van der Waals surface area contributed by atoms with Crippen molar-refractivity contribution >= 4 is 15.9 Å². The van der Waals surface area contributed by atoms with Gasteiger partial charge in [-0.2, -0.15) is 0 Å². The third kappa shape index (κ3) is 3.63. The Labute approximate surface area is 132 Å². The zero-order valence-electron chi connectivity index (χ0n) is 12.2. The monoisotopic (exact) mass is 351 g/mol. The molecule has 1 aromatic heterocycles. The normalized spacial score (nSPS) is 14.7. The molecule has 1 heterocycles. The van der Waals surface area contributed by atoms with Crippen LogP contribution in [0.15, 0.2) is 27.1 Å². The van der Waals surface area contributed by atoms with Crippen molar-refractivity contribution in [1.82, 2.24) is 15.1 Å². The molecule has 0 saturated heterocycles. The Morgan fingerprint density at radius 2 is 2.14 bits per heavy atom. The van der Waals surface area contributed by atoms with Crippen LogP contribution in [0, 0.1) is 0 Å². The van der Waals surface area contributed by atoms with E-state index in [0.717, 1.165) is 28.2 Å². The van der Waals surface area contributed by atoms with E-state index in [0.29, 0.717) is 18.4 Å². The van der Waals surface area contributed by atoms with E-state index >= 15 is 0 Å². The Hall–Kier alpha value is -1.40. The van der Waals surface area contributed by atoms with Gasteiger partial charge in [-0.1, -0.05) is 15.9 Å². The lowest BCUT2D eigenvalue weighted by Crippen LogP contribution is -2.18. The fourth-order valence-electron chi connectivity index (χ4n) is 2.27. The molecule has 1 aliphatic carbocycles. The molecule has 0 N–H and O–H groups in total. The van der Waals surface area contributed by atoms with Crippen molar-refractivity contribution in [1.29, 1.82) is 0 Å². The SMILES string of the molecule is COc1ccc(Br)cc1CN(C)Cc1nnc(C2CC2)o1. The second-order valence-corrected chi connectivity index (χ2v) is 6.35. The standard InChI is InChI=1S/C15H18BrN3O2/c1-19(8-11-7-12(16)5-6-13(11)20-2)9-14-17-18-15(21-14)10-3-4-10/h5-7,10H,3-4,8-9H2,1-2H3. The van der Waals surface area contributed by atoms with Crippen molar-refractivity contribution in [2.45, 2.75) is 31.8 Å². The highest BCUT2D eigenvalue weighted by Crippen LogP contribution is 2.39. The smallest absolute Gasteiger partial charge is 0.230 e. The van der Waals surface area contributed by atoms with E-state index in [1.54, 1.807) is 7.11 Å². The molecule has 0 bridgehead atoms. The number of nitrogens with zero attached hydrogens (tertiary/aromatic N) is 3. The largest absolute Gasteiger partial charge is 0.496 e. The molecule has 6 heteroatoms. The van der Waals surface area contributed by atoms with E-state index in [9.17, 15) is 0 Å². The number of aromatic nitrogens is 2. The third-order valence-electron chi connectivity index (χ3n) is 3.50. The maximum Gasteiger partial charge on any atom is 0.230 e. The predicted molar refractivity (Wildman–Crippen MR) is 82.1 cm³/mol. The minimum atomic E-state index is 0.502. The van der Waals surface area contributed by atoms with Gasteiger partial charge in [0.1, 0.15) is 5.75 Å². The lowest BCUT2D eigenvalue weighted by molar-refractivity contribution is 0.272. The van der Waals surface area contributed by atoms with E-state index < -0.39 is 0 Å². The minimum Gasteiger partial charge on any atom is -0.496 e. The lowest BCUT2D eigenvalue weighted by Gasteiger charge is -2.16. The summed E-state index contributed by atoms with van der Waals surface area (Å²) in [7, 11) is 3.72. The van der Waals surface area contributed by atoms with Crippen LogP contribution in [-0.4, -0.2) is 29.3 Å². The predicted octanol–water partition coefficient (Wildman–Crippen LogP) is 3.35. The summed E-state index contributed by atoms with van der Waals surface area (Å²) >= 11 is 3.49. The Balaban J connectivity index is 1.65. The van der Waals surface area contributed by atoms with Crippen molar-refractivity contribution in [3.8, 4) is 5.75 Å². The molecule has 1 aliphatic rings. The topological polar surface area (TPSA) is 51.4 Å². The molecular weight excluding hydrogens is 334 g/mol. The van der Waals surface area contributed by atoms with Gasteiger partial charge in [-0.15, -0.1) is 10.2 Å². The molecule has 1 aromatic carbocycles. The molecule has 1 fully saturated rings. The van der Waals surface area contributed by atoms with Crippen molar-refractivity contribution in [2.24, 2.45) is 0 Å². The molecule has 0 atom stereocenters. The van der Waals surface area contributed by atoms with Crippen LogP contribution in [0.1, 0.15) is 36.1 Å². The molecule has 0 radical (unpaired) electrons. The minimum absolute atomic E-state index is 0.502. The summed E-state index contributed by atoms with van der Waals surface area (Å²) in [6.07, 6.45) is 2.35. The summed E-state index contributed by atoms with van der Waals surface area (Å²) in [5.41, 5.74) is 1.12. The first kappa shape index (κ1) is 14.5. The van der Waals surface area contributed by atoms with Crippen LogP contribution in [0.2, 0.25) is 0 Å². The molecule has 0 spiro atoms. The van der Waals surface area contributed by atoms with Gasteiger partial charge in [-0.05, 0) is 38.1 Å². The van der Waals surface area contributed by atoms with E-state index in [1.807, 2.05) is 19.2 Å². The summed E-state index contributed by atoms with van der Waals surface area (Å²) in [4.78, 5) is 2.13. The maximum absolute atomic E-state index is 5.69. The van der Waals surface area contributed by atoms with E-state index in [-0.39, 0.29) is 0 Å². The molecule has 21 heavy (non-hydrogen) atoms. The van der Waals surface area contributed by atoms with Crippen LogP contribution < -0.4 is 4.74 Å². The second kappa shape index (κ2) is 6.15. The van der Waals surface area contributed by atoms with Crippen LogP contribution in [-0.2, 0) is 13.1 Å². The van der Waals surface area contributed by atoms with Gasteiger partial charge < -0.3 is 9.15 Å². The van der Waals surface area contributed by atoms with Gasteiger partial charge in [0.15, 0.2) is 0 Å². The molecule has 3 rings (SSSR count). The van der Waals surface area contributed by atoms with Gasteiger partial charge in [0, 0.05) is 22.5 Å². The average molecular weight is 352 g/mol. The zero-order valence-corrected chi connectivity index (χ0v) is 13.8. The first-order valence-corrected chi connectivity index (χ1v) is 7.78. The van der Waals surface area contributed by atoms with Crippen LogP contribution in [0.3, 0.4) is 0 Å². The molecule has 2 aromatic rings. The van der Waals surface area contributed by atoms with Crippen LogP contribution in [0.5, 0.6) is 5.75 Å². The second-order valence-electron chi connectivity index (χ2n) is 5.44. The first-order chi connectivity index (χ1) is 10.2. The molecule has 5 nitrogen and oxygen atoms in total.